The summed E-state index contributed by atoms with van der Waals surface area (Å²) in [5, 5.41) is 12.6. The number of ether oxygens (including phenoxy) is 1. The molecule has 0 spiro atoms. The Morgan fingerprint density at radius 1 is 1.00 bits per heavy atom. The summed E-state index contributed by atoms with van der Waals surface area (Å²) in [4.78, 5) is 4.03. The van der Waals surface area contributed by atoms with Gasteiger partial charge in [-0.3, -0.25) is 4.90 Å². The summed E-state index contributed by atoms with van der Waals surface area (Å²) in [6.07, 6.45) is 4.99. The molecule has 2 fully saturated rings. The Kier molecular flexibility index (Phi) is 7.04. The van der Waals surface area contributed by atoms with Crippen molar-refractivity contribution in [1.29, 1.82) is 0 Å². The third kappa shape index (κ3) is 5.40. The Labute approximate surface area is 192 Å². The van der Waals surface area contributed by atoms with Gasteiger partial charge >= 0.3 is 0 Å². The maximum Gasteiger partial charge on any atom is 0.191 e. The number of hydrogen-bond acceptors (Lipinski definition) is 6. The van der Waals surface area contributed by atoms with Gasteiger partial charge in [-0.2, -0.15) is 0 Å². The molecule has 0 unspecified atom stereocenters. The Balaban J connectivity index is 1.29. The molecule has 3 aromatic rings. The first-order valence-corrected chi connectivity index (χ1v) is 13.2. The lowest BCUT2D eigenvalue weighted by Crippen LogP contribution is -2.33. The predicted octanol–water partition coefficient (Wildman–Crippen LogP) is 5.04. The molecule has 2 saturated heterocycles. The first-order chi connectivity index (χ1) is 15.3. The summed E-state index contributed by atoms with van der Waals surface area (Å²) in [6.45, 7) is 5.06. The Bertz CT molecular complexity index is 930. The van der Waals surface area contributed by atoms with Crippen LogP contribution in [0.2, 0.25) is 0 Å². The third-order valence-corrected chi connectivity index (χ3v) is 8.22. The monoisotopic (exact) mass is 454 g/mol. The van der Waals surface area contributed by atoms with E-state index in [1.807, 2.05) is 23.1 Å². The minimum absolute atomic E-state index is 0.357. The molecule has 0 amide bonds. The number of likely N-dealkylation sites (tertiary alicyclic amines) is 1. The van der Waals surface area contributed by atoms with Crippen molar-refractivity contribution in [1.82, 2.24) is 19.7 Å². The molecule has 2 aliphatic heterocycles. The van der Waals surface area contributed by atoms with E-state index in [-0.39, 0.29) is 0 Å². The fourth-order valence-corrected chi connectivity index (χ4v) is 6.30. The van der Waals surface area contributed by atoms with Crippen molar-refractivity contribution in [2.45, 2.75) is 56.0 Å². The highest BCUT2D eigenvalue weighted by atomic mass is 32.2. The van der Waals surface area contributed by atoms with Crippen LogP contribution in [0.5, 0.6) is 0 Å². The highest BCUT2D eigenvalue weighted by Gasteiger charge is 2.27. The fraction of sp³-hybridized carbons (Fsp3) is 0.500. The summed E-state index contributed by atoms with van der Waals surface area (Å²) in [5.41, 5.74) is 1.30. The van der Waals surface area contributed by atoms with Crippen LogP contribution in [0.15, 0.2) is 53.0 Å². The molecule has 0 bridgehead atoms. The number of benzene rings is 1. The summed E-state index contributed by atoms with van der Waals surface area (Å²) in [6, 6.07) is 15.1. The molecular weight excluding hydrogens is 424 g/mol. The van der Waals surface area contributed by atoms with Gasteiger partial charge in [-0.05, 0) is 55.8 Å². The summed E-state index contributed by atoms with van der Waals surface area (Å²) >= 11 is 3.66. The molecule has 0 aliphatic carbocycles. The highest BCUT2D eigenvalue weighted by Crippen LogP contribution is 2.32. The minimum Gasteiger partial charge on any atom is -0.377 e. The summed E-state index contributed by atoms with van der Waals surface area (Å²) in [5.74, 6) is 2.61. The molecule has 1 aromatic carbocycles. The summed E-state index contributed by atoms with van der Waals surface area (Å²) < 4.78 is 8.20. The third-order valence-electron chi connectivity index (χ3n) is 6.26. The zero-order valence-electron chi connectivity index (χ0n) is 17.9. The van der Waals surface area contributed by atoms with Gasteiger partial charge in [0.1, 0.15) is 5.82 Å². The zero-order chi connectivity index (χ0) is 20.9. The van der Waals surface area contributed by atoms with Crippen molar-refractivity contribution < 1.29 is 4.74 Å². The van der Waals surface area contributed by atoms with E-state index >= 15 is 0 Å². The van der Waals surface area contributed by atoms with E-state index in [0.717, 1.165) is 68.8 Å². The van der Waals surface area contributed by atoms with Crippen molar-refractivity contribution in [3.8, 4) is 0 Å². The van der Waals surface area contributed by atoms with E-state index in [2.05, 4.69) is 62.4 Å². The van der Waals surface area contributed by atoms with Crippen LogP contribution < -0.4 is 0 Å². The van der Waals surface area contributed by atoms with Crippen molar-refractivity contribution in [2.24, 2.45) is 0 Å². The predicted molar refractivity (Wildman–Crippen MR) is 127 cm³/mol. The van der Waals surface area contributed by atoms with Crippen LogP contribution in [-0.4, -0.2) is 51.2 Å². The summed E-state index contributed by atoms with van der Waals surface area (Å²) in [7, 11) is 0. The average molecular weight is 455 g/mol. The van der Waals surface area contributed by atoms with Crippen molar-refractivity contribution in [3.63, 3.8) is 0 Å². The number of rotatable bonds is 8. The van der Waals surface area contributed by atoms with Crippen LogP contribution in [0.4, 0.5) is 0 Å². The number of thiophene rings is 1. The van der Waals surface area contributed by atoms with Gasteiger partial charge in [0, 0.05) is 29.7 Å². The molecule has 164 valence electrons. The molecule has 2 aliphatic rings. The van der Waals surface area contributed by atoms with Crippen molar-refractivity contribution in [3.05, 3.63) is 64.1 Å². The van der Waals surface area contributed by atoms with Crippen LogP contribution >= 0.6 is 23.1 Å². The van der Waals surface area contributed by atoms with E-state index in [1.165, 1.54) is 16.9 Å². The number of hydrogen-bond donors (Lipinski definition) is 0. The van der Waals surface area contributed by atoms with Gasteiger partial charge in [0.2, 0.25) is 0 Å². The van der Waals surface area contributed by atoms with Gasteiger partial charge in [0.15, 0.2) is 5.16 Å². The second-order valence-electron chi connectivity index (χ2n) is 8.49. The Morgan fingerprint density at radius 2 is 1.87 bits per heavy atom. The first-order valence-electron chi connectivity index (χ1n) is 11.3. The van der Waals surface area contributed by atoms with Gasteiger partial charge in [-0.15, -0.1) is 21.5 Å². The van der Waals surface area contributed by atoms with E-state index in [4.69, 9.17) is 9.84 Å². The highest BCUT2D eigenvalue weighted by molar-refractivity contribution is 7.99. The molecule has 7 heteroatoms. The average Bonchev–Trinajstić information content (AvgIpc) is 3.57. The molecule has 31 heavy (non-hydrogen) atoms. The zero-order valence-corrected chi connectivity index (χ0v) is 19.5. The molecular formula is C24H30N4OS2. The SMILES string of the molecule is c1ccc(Cn2c(SC[C@H]3CCCO3)nnc2C2CCN(Cc3cccs3)CC2)cc1. The standard InChI is InChI=1S/C24H30N4OS2/c1-2-6-19(7-3-1)16-28-23(25-26-24(28)31-18-21-8-4-14-29-21)20-10-12-27(13-11-20)17-22-9-5-15-30-22/h1-3,5-7,9,15,20-21H,4,8,10-14,16-18H2/t21-/m1/s1. The van der Waals surface area contributed by atoms with Crippen molar-refractivity contribution in [2.75, 3.05) is 25.4 Å². The Hall–Kier alpha value is -1.67. The maximum atomic E-state index is 5.83. The van der Waals surface area contributed by atoms with Gasteiger partial charge in [0.05, 0.1) is 12.6 Å². The topological polar surface area (TPSA) is 43.2 Å². The molecule has 0 N–H and O–H groups in total. The largest absolute Gasteiger partial charge is 0.377 e. The Morgan fingerprint density at radius 3 is 2.61 bits per heavy atom. The molecule has 5 rings (SSSR count). The fourth-order valence-electron chi connectivity index (χ4n) is 4.54. The smallest absolute Gasteiger partial charge is 0.191 e. The van der Waals surface area contributed by atoms with E-state index in [9.17, 15) is 0 Å². The molecule has 0 radical (unpaired) electrons. The molecule has 5 nitrogen and oxygen atoms in total. The lowest BCUT2D eigenvalue weighted by molar-refractivity contribution is 0.129. The van der Waals surface area contributed by atoms with Crippen LogP contribution in [0.25, 0.3) is 0 Å². The second-order valence-corrected chi connectivity index (χ2v) is 10.5. The quantitative estimate of drug-likeness (QED) is 0.446. The van der Waals surface area contributed by atoms with Crippen LogP contribution in [0.1, 0.15) is 47.9 Å². The lowest BCUT2D eigenvalue weighted by atomic mass is 9.95. The minimum atomic E-state index is 0.357. The van der Waals surface area contributed by atoms with Crippen LogP contribution in [0, 0.1) is 0 Å². The second kappa shape index (κ2) is 10.3. The van der Waals surface area contributed by atoms with Gasteiger partial charge in [-0.25, -0.2) is 0 Å². The first kappa shape index (κ1) is 21.2. The molecule has 2 aromatic heterocycles. The lowest BCUT2D eigenvalue weighted by Gasteiger charge is -2.31. The molecule has 1 atom stereocenters. The van der Waals surface area contributed by atoms with Crippen LogP contribution in [0.3, 0.4) is 0 Å². The van der Waals surface area contributed by atoms with Crippen molar-refractivity contribution >= 4 is 23.1 Å². The number of piperidine rings is 1. The normalized spacial score (nSPS) is 20.5. The number of aromatic nitrogens is 3. The van der Waals surface area contributed by atoms with E-state index in [1.54, 1.807) is 0 Å². The number of thioether (sulfide) groups is 1. The number of nitrogens with zero attached hydrogens (tertiary/aromatic N) is 4. The maximum absolute atomic E-state index is 5.83. The molecule has 4 heterocycles. The van der Waals surface area contributed by atoms with Gasteiger partial charge in [0.25, 0.3) is 0 Å². The van der Waals surface area contributed by atoms with Gasteiger partial charge < -0.3 is 9.30 Å². The van der Waals surface area contributed by atoms with Crippen LogP contribution in [-0.2, 0) is 17.8 Å². The van der Waals surface area contributed by atoms with E-state index < -0.39 is 0 Å². The molecule has 0 saturated carbocycles. The van der Waals surface area contributed by atoms with Gasteiger partial charge in [-0.1, -0.05) is 48.2 Å². The van der Waals surface area contributed by atoms with E-state index in [0.29, 0.717) is 12.0 Å².